The highest BCUT2D eigenvalue weighted by Gasteiger charge is 2.12. The maximum absolute atomic E-state index is 10.8. The average molecular weight is 238 g/mol. The Labute approximate surface area is 97.3 Å². The summed E-state index contributed by atoms with van der Waals surface area (Å²) in [5.74, 6) is -2.50. The lowest BCUT2D eigenvalue weighted by Crippen LogP contribution is -2.33. The van der Waals surface area contributed by atoms with Crippen molar-refractivity contribution in [3.63, 3.8) is 0 Å². The molecule has 5 heteroatoms. The second-order valence-corrected chi connectivity index (χ2v) is 4.36. The van der Waals surface area contributed by atoms with Crippen LogP contribution in [0.1, 0.15) is 23.7 Å². The second kappa shape index (κ2) is 5.55. The fourth-order valence-electron chi connectivity index (χ4n) is 1.19. The Morgan fingerprint density at radius 1 is 1.31 bits per heavy atom. The van der Waals surface area contributed by atoms with E-state index < -0.39 is 17.2 Å². The van der Waals surface area contributed by atoms with Gasteiger partial charge in [-0.15, -0.1) is 11.8 Å². The van der Waals surface area contributed by atoms with Crippen LogP contribution in [0.25, 0.3) is 0 Å². The number of aliphatic carboxylic acids is 1. The van der Waals surface area contributed by atoms with E-state index in [0.717, 1.165) is 11.8 Å². The molecular formula is C11H10O4S-2. The molecule has 0 aliphatic rings. The van der Waals surface area contributed by atoms with Gasteiger partial charge in [0.25, 0.3) is 0 Å². The summed E-state index contributed by atoms with van der Waals surface area (Å²) < 4.78 is 0. The molecule has 0 aliphatic heterocycles. The van der Waals surface area contributed by atoms with Gasteiger partial charge < -0.3 is 19.8 Å². The van der Waals surface area contributed by atoms with Gasteiger partial charge in [0, 0.05) is 15.7 Å². The molecule has 0 aliphatic carbocycles. The number of hydrogen-bond acceptors (Lipinski definition) is 5. The Hall–Kier alpha value is -1.49. The summed E-state index contributed by atoms with van der Waals surface area (Å²) in [7, 11) is 0. The molecule has 1 atom stereocenters. The minimum Gasteiger partial charge on any atom is -0.549 e. The van der Waals surface area contributed by atoms with Crippen LogP contribution in [0.2, 0.25) is 0 Å². The van der Waals surface area contributed by atoms with Gasteiger partial charge in [0.1, 0.15) is 0 Å². The SMILES string of the molecule is CC[C@H](Sc1ccccc1C(=O)[O-])C(=O)[O-]. The van der Waals surface area contributed by atoms with Crippen molar-refractivity contribution >= 4 is 23.7 Å². The van der Waals surface area contributed by atoms with Crippen molar-refractivity contribution in [2.24, 2.45) is 0 Å². The Morgan fingerprint density at radius 2 is 1.94 bits per heavy atom. The van der Waals surface area contributed by atoms with E-state index in [-0.39, 0.29) is 5.56 Å². The van der Waals surface area contributed by atoms with Gasteiger partial charge in [-0.25, -0.2) is 0 Å². The van der Waals surface area contributed by atoms with Crippen LogP contribution in [0, 0.1) is 0 Å². The molecule has 86 valence electrons. The number of carbonyl (C=O) groups excluding carboxylic acids is 2. The molecule has 0 N–H and O–H groups in total. The molecule has 0 radical (unpaired) electrons. The van der Waals surface area contributed by atoms with Gasteiger partial charge in [-0.2, -0.15) is 0 Å². The summed E-state index contributed by atoms with van der Waals surface area (Å²) in [6.07, 6.45) is 0.369. The van der Waals surface area contributed by atoms with Gasteiger partial charge in [-0.1, -0.05) is 25.1 Å². The molecule has 4 nitrogen and oxygen atoms in total. The van der Waals surface area contributed by atoms with Gasteiger partial charge in [-0.05, 0) is 12.5 Å². The molecule has 1 rings (SSSR count). The zero-order valence-electron chi connectivity index (χ0n) is 8.64. The van der Waals surface area contributed by atoms with Crippen LogP contribution in [0.4, 0.5) is 0 Å². The number of benzene rings is 1. The topological polar surface area (TPSA) is 80.3 Å². The number of thioether (sulfide) groups is 1. The normalized spacial score (nSPS) is 12.1. The van der Waals surface area contributed by atoms with Crippen LogP contribution in [0.15, 0.2) is 29.2 Å². The predicted octanol–water partition coefficient (Wildman–Crippen LogP) is -0.329. The van der Waals surface area contributed by atoms with Gasteiger partial charge in [0.15, 0.2) is 0 Å². The Morgan fingerprint density at radius 3 is 2.44 bits per heavy atom. The highest BCUT2D eigenvalue weighted by molar-refractivity contribution is 8.00. The number of carboxylic acids is 2. The van der Waals surface area contributed by atoms with Gasteiger partial charge >= 0.3 is 0 Å². The third-order valence-corrected chi connectivity index (χ3v) is 3.43. The van der Waals surface area contributed by atoms with E-state index in [4.69, 9.17) is 0 Å². The van der Waals surface area contributed by atoms with E-state index in [1.807, 2.05) is 0 Å². The van der Waals surface area contributed by atoms with Crippen LogP contribution in [-0.2, 0) is 4.79 Å². The summed E-state index contributed by atoms with van der Waals surface area (Å²) in [6.45, 7) is 1.70. The molecule has 0 bridgehead atoms. The smallest absolute Gasteiger partial charge is 0.0726 e. The molecule has 0 saturated heterocycles. The predicted molar refractivity (Wildman–Crippen MR) is 55.7 cm³/mol. The van der Waals surface area contributed by atoms with Crippen LogP contribution in [0.3, 0.4) is 0 Å². The van der Waals surface area contributed by atoms with Crippen LogP contribution in [-0.4, -0.2) is 17.2 Å². The molecular weight excluding hydrogens is 228 g/mol. The lowest BCUT2D eigenvalue weighted by atomic mass is 10.2. The minimum atomic E-state index is -1.31. The molecule has 0 spiro atoms. The molecule has 1 aromatic rings. The number of carbonyl (C=O) groups is 2. The minimum absolute atomic E-state index is 0.00667. The summed E-state index contributed by atoms with van der Waals surface area (Å²) in [5.41, 5.74) is 0.00667. The van der Waals surface area contributed by atoms with Crippen molar-refractivity contribution < 1.29 is 19.8 Å². The molecule has 16 heavy (non-hydrogen) atoms. The summed E-state index contributed by atoms with van der Waals surface area (Å²) >= 11 is 0.969. The second-order valence-electron chi connectivity index (χ2n) is 3.12. The maximum atomic E-state index is 10.8. The van der Waals surface area contributed by atoms with Crippen molar-refractivity contribution in [3.8, 4) is 0 Å². The Balaban J connectivity index is 2.95. The highest BCUT2D eigenvalue weighted by atomic mass is 32.2. The van der Waals surface area contributed by atoms with Gasteiger partial charge in [-0.3, -0.25) is 0 Å². The first-order chi connectivity index (χ1) is 7.56. The van der Waals surface area contributed by atoms with Crippen molar-refractivity contribution in [1.82, 2.24) is 0 Å². The van der Waals surface area contributed by atoms with Crippen molar-refractivity contribution in [1.29, 1.82) is 0 Å². The first-order valence-electron chi connectivity index (χ1n) is 4.74. The van der Waals surface area contributed by atoms with E-state index in [9.17, 15) is 19.8 Å². The van der Waals surface area contributed by atoms with Crippen molar-refractivity contribution in [3.05, 3.63) is 29.8 Å². The number of carboxylic acid groups (broad SMARTS) is 2. The molecule has 0 unspecified atom stereocenters. The Bertz CT molecular complexity index is 403. The quantitative estimate of drug-likeness (QED) is 0.656. The summed E-state index contributed by atoms with van der Waals surface area (Å²) in [6, 6.07) is 6.16. The molecule has 0 amide bonds. The van der Waals surface area contributed by atoms with E-state index in [0.29, 0.717) is 11.3 Å². The summed E-state index contributed by atoms with van der Waals surface area (Å²) in [4.78, 5) is 21.9. The zero-order chi connectivity index (χ0) is 12.1. The fourth-order valence-corrected chi connectivity index (χ4v) is 2.19. The monoisotopic (exact) mass is 238 g/mol. The highest BCUT2D eigenvalue weighted by Crippen LogP contribution is 2.27. The molecule has 0 saturated carbocycles. The van der Waals surface area contributed by atoms with Crippen molar-refractivity contribution in [2.75, 3.05) is 0 Å². The average Bonchev–Trinajstić information content (AvgIpc) is 2.25. The number of hydrogen-bond donors (Lipinski definition) is 0. The molecule has 0 fully saturated rings. The molecule has 1 aromatic carbocycles. The van der Waals surface area contributed by atoms with Crippen LogP contribution < -0.4 is 10.2 Å². The van der Waals surface area contributed by atoms with Crippen LogP contribution in [0.5, 0.6) is 0 Å². The van der Waals surface area contributed by atoms with E-state index >= 15 is 0 Å². The lowest BCUT2D eigenvalue weighted by molar-refractivity contribution is -0.304. The van der Waals surface area contributed by atoms with Gasteiger partial charge in [0.05, 0.1) is 11.9 Å². The van der Waals surface area contributed by atoms with Gasteiger partial charge in [0.2, 0.25) is 0 Å². The number of aromatic carboxylic acids is 1. The Kier molecular flexibility index (Phi) is 4.37. The third-order valence-electron chi connectivity index (χ3n) is 2.01. The standard InChI is InChI=1S/C11H12O4S/c1-2-8(11(14)15)16-9-6-4-3-5-7(9)10(12)13/h3-6,8H,2H2,1H3,(H,12,13)(H,14,15)/p-2/t8-/m0/s1. The zero-order valence-corrected chi connectivity index (χ0v) is 9.45. The molecule has 0 aromatic heterocycles. The fraction of sp³-hybridized carbons (Fsp3) is 0.273. The van der Waals surface area contributed by atoms with E-state index in [1.165, 1.54) is 6.07 Å². The first kappa shape index (κ1) is 12.6. The first-order valence-corrected chi connectivity index (χ1v) is 5.62. The van der Waals surface area contributed by atoms with E-state index in [2.05, 4.69) is 0 Å². The number of rotatable bonds is 5. The largest absolute Gasteiger partial charge is 0.549 e. The third kappa shape index (κ3) is 3.00. The van der Waals surface area contributed by atoms with Crippen LogP contribution >= 0.6 is 11.8 Å². The lowest BCUT2D eigenvalue weighted by Gasteiger charge is -2.17. The maximum Gasteiger partial charge on any atom is 0.0726 e. The van der Waals surface area contributed by atoms with Crippen molar-refractivity contribution in [2.45, 2.75) is 23.5 Å². The summed E-state index contributed by atoms with van der Waals surface area (Å²) in [5, 5.41) is 20.7. The molecule has 0 heterocycles. The van der Waals surface area contributed by atoms with E-state index in [1.54, 1.807) is 25.1 Å².